The van der Waals surface area contributed by atoms with E-state index >= 15 is 0 Å². The molecular weight excluding hydrogens is 380 g/mol. The molecule has 1 aromatic heterocycles. The molecular formula is C24H30N2O4. The van der Waals surface area contributed by atoms with Crippen molar-refractivity contribution in [3.8, 4) is 23.7 Å². The molecule has 0 aliphatic heterocycles. The molecule has 30 heavy (non-hydrogen) atoms. The first-order valence-corrected chi connectivity index (χ1v) is 9.85. The summed E-state index contributed by atoms with van der Waals surface area (Å²) in [6, 6.07) is 7.65. The Kier molecular flexibility index (Phi) is 8.77. The number of aromatic nitrogens is 2. The predicted molar refractivity (Wildman–Crippen MR) is 117 cm³/mol. The van der Waals surface area contributed by atoms with Gasteiger partial charge in [-0.2, -0.15) is 0 Å². The zero-order valence-electron chi connectivity index (χ0n) is 18.7. The van der Waals surface area contributed by atoms with Gasteiger partial charge >= 0.3 is 0 Å². The van der Waals surface area contributed by atoms with Crippen LogP contribution in [0.5, 0.6) is 0 Å². The van der Waals surface area contributed by atoms with E-state index in [2.05, 4.69) is 33.6 Å². The van der Waals surface area contributed by atoms with Crippen LogP contribution in [0, 0.1) is 23.7 Å². The molecule has 0 atom stereocenters. The van der Waals surface area contributed by atoms with Crippen molar-refractivity contribution in [2.75, 3.05) is 40.6 Å². The van der Waals surface area contributed by atoms with Gasteiger partial charge in [0, 0.05) is 14.2 Å². The van der Waals surface area contributed by atoms with Gasteiger partial charge in [-0.3, -0.25) is 0 Å². The molecule has 0 bridgehead atoms. The molecule has 0 aliphatic rings. The molecule has 0 radical (unpaired) electrons. The van der Waals surface area contributed by atoms with Gasteiger partial charge in [-0.1, -0.05) is 24.0 Å². The summed E-state index contributed by atoms with van der Waals surface area (Å²) in [4.78, 5) is 9.34. The van der Waals surface area contributed by atoms with Crippen molar-refractivity contribution in [1.29, 1.82) is 0 Å². The lowest BCUT2D eigenvalue weighted by Crippen LogP contribution is -2.24. The van der Waals surface area contributed by atoms with Gasteiger partial charge in [0.15, 0.2) is 0 Å². The Balaban J connectivity index is 2.37. The monoisotopic (exact) mass is 410 g/mol. The fourth-order valence-corrected chi connectivity index (χ4v) is 2.43. The highest BCUT2D eigenvalue weighted by molar-refractivity contribution is 5.75. The summed E-state index contributed by atoms with van der Waals surface area (Å²) < 4.78 is 21.6. The molecule has 1 heterocycles. The maximum atomic E-state index is 5.77. The molecule has 6 nitrogen and oxygen atoms in total. The van der Waals surface area contributed by atoms with Crippen LogP contribution in [0.15, 0.2) is 24.3 Å². The Morgan fingerprint density at radius 1 is 0.700 bits per heavy atom. The normalized spacial score (nSPS) is 11.5. The standard InChI is InChI=1S/C24H30N2O4/c1-23(2,29-17-15-27-5)13-11-21-22(12-14-24(3,4)30-18-16-28-6)26-20-10-8-7-9-19(20)25-21/h7-10H,15-18H2,1-6H3. The SMILES string of the molecule is COCCOC(C)(C)C#Cc1nc2ccccc2nc1C#CC(C)(C)OCCOC. The minimum absolute atomic E-state index is 0.460. The van der Waals surface area contributed by atoms with Crippen LogP contribution in [0.25, 0.3) is 11.0 Å². The first-order valence-electron chi connectivity index (χ1n) is 9.85. The summed E-state index contributed by atoms with van der Waals surface area (Å²) in [5, 5.41) is 0. The molecule has 2 rings (SSSR count). The Bertz CT molecular complexity index is 883. The van der Waals surface area contributed by atoms with Gasteiger partial charge in [0.05, 0.1) is 37.5 Å². The zero-order chi connectivity index (χ0) is 22.0. The summed E-state index contributed by atoms with van der Waals surface area (Å²) in [6.45, 7) is 9.56. The number of para-hydroxylation sites is 2. The van der Waals surface area contributed by atoms with Gasteiger partial charge < -0.3 is 18.9 Å². The van der Waals surface area contributed by atoms with Crippen LogP contribution in [-0.2, 0) is 18.9 Å². The molecule has 0 fully saturated rings. The van der Waals surface area contributed by atoms with E-state index in [0.29, 0.717) is 37.8 Å². The fraction of sp³-hybridized carbons (Fsp3) is 0.500. The van der Waals surface area contributed by atoms with Crippen molar-refractivity contribution in [3.63, 3.8) is 0 Å². The Labute approximate surface area is 179 Å². The van der Waals surface area contributed by atoms with Crippen LogP contribution in [0.4, 0.5) is 0 Å². The number of fused-ring (bicyclic) bond motifs is 1. The first-order chi connectivity index (χ1) is 14.3. The second-order valence-corrected chi connectivity index (χ2v) is 7.61. The van der Waals surface area contributed by atoms with Crippen molar-refractivity contribution in [3.05, 3.63) is 35.7 Å². The molecule has 0 N–H and O–H groups in total. The largest absolute Gasteiger partial charge is 0.382 e. The van der Waals surface area contributed by atoms with E-state index in [-0.39, 0.29) is 0 Å². The lowest BCUT2D eigenvalue weighted by atomic mass is 10.1. The molecule has 1 aromatic carbocycles. The summed E-state index contributed by atoms with van der Waals surface area (Å²) in [6.07, 6.45) is 0. The highest BCUT2D eigenvalue weighted by Crippen LogP contribution is 2.14. The second-order valence-electron chi connectivity index (χ2n) is 7.61. The van der Waals surface area contributed by atoms with Crippen LogP contribution in [-0.4, -0.2) is 61.8 Å². The smallest absolute Gasteiger partial charge is 0.148 e. The average Bonchev–Trinajstić information content (AvgIpc) is 2.71. The first kappa shape index (κ1) is 23.8. The van der Waals surface area contributed by atoms with Gasteiger partial charge in [-0.25, -0.2) is 9.97 Å². The highest BCUT2D eigenvalue weighted by Gasteiger charge is 2.16. The van der Waals surface area contributed by atoms with Crippen LogP contribution in [0.1, 0.15) is 39.1 Å². The van der Waals surface area contributed by atoms with Gasteiger partial charge in [-0.05, 0) is 51.7 Å². The minimum atomic E-state index is -0.654. The molecule has 0 aliphatic carbocycles. The molecule has 0 saturated heterocycles. The van der Waals surface area contributed by atoms with Crippen molar-refractivity contribution in [1.82, 2.24) is 9.97 Å². The van der Waals surface area contributed by atoms with E-state index in [1.165, 1.54) is 0 Å². The second kappa shape index (κ2) is 11.1. The maximum absolute atomic E-state index is 5.77. The topological polar surface area (TPSA) is 62.7 Å². The van der Waals surface area contributed by atoms with E-state index in [9.17, 15) is 0 Å². The van der Waals surface area contributed by atoms with Crippen molar-refractivity contribution >= 4 is 11.0 Å². The predicted octanol–water partition coefficient (Wildman–Crippen LogP) is 3.22. The number of nitrogens with zero attached hydrogens (tertiary/aromatic N) is 2. The highest BCUT2D eigenvalue weighted by atomic mass is 16.5. The van der Waals surface area contributed by atoms with Crippen LogP contribution in [0.2, 0.25) is 0 Å². The average molecular weight is 411 g/mol. The molecule has 0 saturated carbocycles. The van der Waals surface area contributed by atoms with Crippen LogP contribution < -0.4 is 0 Å². The van der Waals surface area contributed by atoms with Gasteiger partial charge in [0.1, 0.15) is 22.6 Å². The van der Waals surface area contributed by atoms with E-state index < -0.39 is 11.2 Å². The number of hydrogen-bond donors (Lipinski definition) is 0. The molecule has 6 heteroatoms. The Morgan fingerprint density at radius 2 is 1.10 bits per heavy atom. The molecule has 160 valence electrons. The van der Waals surface area contributed by atoms with E-state index in [4.69, 9.17) is 18.9 Å². The number of ether oxygens (including phenoxy) is 4. The number of methoxy groups -OCH3 is 2. The summed E-state index contributed by atoms with van der Waals surface area (Å²) in [5.41, 5.74) is 1.25. The van der Waals surface area contributed by atoms with Gasteiger partial charge in [0.25, 0.3) is 0 Å². The molecule has 0 unspecified atom stereocenters. The molecule has 0 amide bonds. The zero-order valence-corrected chi connectivity index (χ0v) is 18.7. The quantitative estimate of drug-likeness (QED) is 0.492. The molecule has 0 spiro atoms. The van der Waals surface area contributed by atoms with E-state index in [1.54, 1.807) is 14.2 Å². The third-order valence-electron chi connectivity index (χ3n) is 4.04. The Hall–Kier alpha value is -2.48. The lowest BCUT2D eigenvalue weighted by molar-refractivity contribution is -0.00343. The summed E-state index contributed by atoms with van der Waals surface area (Å²) >= 11 is 0. The minimum Gasteiger partial charge on any atom is -0.382 e. The van der Waals surface area contributed by atoms with Crippen LogP contribution in [0.3, 0.4) is 0 Å². The Morgan fingerprint density at radius 3 is 1.47 bits per heavy atom. The van der Waals surface area contributed by atoms with Gasteiger partial charge in [0.2, 0.25) is 0 Å². The third-order valence-corrected chi connectivity index (χ3v) is 4.04. The van der Waals surface area contributed by atoms with E-state index in [1.807, 2.05) is 52.0 Å². The van der Waals surface area contributed by atoms with Crippen molar-refractivity contribution in [2.24, 2.45) is 0 Å². The van der Waals surface area contributed by atoms with Gasteiger partial charge in [-0.15, -0.1) is 0 Å². The van der Waals surface area contributed by atoms with Crippen molar-refractivity contribution in [2.45, 2.75) is 38.9 Å². The number of benzene rings is 1. The fourth-order valence-electron chi connectivity index (χ4n) is 2.43. The number of rotatable bonds is 8. The summed E-state index contributed by atoms with van der Waals surface area (Å²) in [7, 11) is 3.27. The van der Waals surface area contributed by atoms with Crippen LogP contribution >= 0.6 is 0 Å². The summed E-state index contributed by atoms with van der Waals surface area (Å²) in [5.74, 6) is 12.5. The van der Waals surface area contributed by atoms with E-state index in [0.717, 1.165) is 11.0 Å². The molecule has 2 aromatic rings. The maximum Gasteiger partial charge on any atom is 0.148 e. The van der Waals surface area contributed by atoms with Crippen molar-refractivity contribution < 1.29 is 18.9 Å². The number of hydrogen-bond acceptors (Lipinski definition) is 6. The lowest BCUT2D eigenvalue weighted by Gasteiger charge is -2.18. The third kappa shape index (κ3) is 7.74.